The number of nitrogen functional groups attached to an aromatic ring is 1. The summed E-state index contributed by atoms with van der Waals surface area (Å²) in [6, 6.07) is 7.75. The highest BCUT2D eigenvalue weighted by molar-refractivity contribution is 6.07. The smallest absolute Gasteiger partial charge is 0.398 e. The first-order valence-electron chi connectivity index (χ1n) is 5.81. The summed E-state index contributed by atoms with van der Waals surface area (Å²) < 4.78 is 51.2. The van der Waals surface area contributed by atoms with Crippen molar-refractivity contribution in [3.8, 4) is 0 Å². The van der Waals surface area contributed by atoms with Gasteiger partial charge < -0.3 is 11.1 Å². The lowest BCUT2D eigenvalue weighted by atomic mass is 10.1. The standard InChI is InChI=1S/C14H10F4N2O/c15-10-6-5-8(14(16,17)18)7-12(10)20-13(21)9-3-1-2-4-11(9)19/h1-7H,19H2,(H,20,21). The molecule has 1 amide bonds. The molecule has 0 aliphatic carbocycles. The largest absolute Gasteiger partial charge is 0.416 e. The second kappa shape index (κ2) is 5.43. The molecule has 110 valence electrons. The number of carbonyl (C=O) groups is 1. The van der Waals surface area contributed by atoms with Gasteiger partial charge in [0.05, 0.1) is 16.8 Å². The van der Waals surface area contributed by atoms with Crippen LogP contribution in [0.4, 0.5) is 28.9 Å². The molecule has 2 rings (SSSR count). The van der Waals surface area contributed by atoms with Crippen LogP contribution in [0, 0.1) is 5.82 Å². The van der Waals surface area contributed by atoms with Crippen LogP contribution in [-0.4, -0.2) is 5.91 Å². The molecule has 0 atom stereocenters. The predicted octanol–water partition coefficient (Wildman–Crippen LogP) is 3.68. The first-order valence-corrected chi connectivity index (χ1v) is 5.81. The van der Waals surface area contributed by atoms with Gasteiger partial charge in [-0.1, -0.05) is 12.1 Å². The highest BCUT2D eigenvalue weighted by Crippen LogP contribution is 2.32. The van der Waals surface area contributed by atoms with E-state index in [0.717, 1.165) is 0 Å². The summed E-state index contributed by atoms with van der Waals surface area (Å²) >= 11 is 0. The zero-order chi connectivity index (χ0) is 15.6. The first-order chi connectivity index (χ1) is 9.79. The molecule has 0 saturated heterocycles. The Kier molecular flexibility index (Phi) is 3.84. The van der Waals surface area contributed by atoms with Crippen LogP contribution < -0.4 is 11.1 Å². The van der Waals surface area contributed by atoms with Gasteiger partial charge in [-0.3, -0.25) is 4.79 Å². The Hall–Kier alpha value is -2.57. The number of hydrogen-bond donors (Lipinski definition) is 2. The van der Waals surface area contributed by atoms with Crippen molar-refractivity contribution in [2.45, 2.75) is 6.18 Å². The van der Waals surface area contributed by atoms with Gasteiger partial charge in [-0.15, -0.1) is 0 Å². The van der Waals surface area contributed by atoms with Gasteiger partial charge >= 0.3 is 6.18 Å². The molecule has 3 N–H and O–H groups in total. The number of rotatable bonds is 2. The summed E-state index contributed by atoms with van der Waals surface area (Å²) in [5.74, 6) is -1.75. The first kappa shape index (κ1) is 14.8. The molecule has 0 fully saturated rings. The number of anilines is 2. The molecule has 3 nitrogen and oxygen atoms in total. The van der Waals surface area contributed by atoms with Gasteiger partial charge in [0.1, 0.15) is 5.82 Å². The van der Waals surface area contributed by atoms with Crippen LogP contribution >= 0.6 is 0 Å². The maximum absolute atomic E-state index is 13.5. The van der Waals surface area contributed by atoms with Gasteiger partial charge in [0.15, 0.2) is 0 Å². The summed E-state index contributed by atoms with van der Waals surface area (Å²) in [5.41, 5.74) is 4.16. The number of benzene rings is 2. The Balaban J connectivity index is 2.31. The molecular formula is C14H10F4N2O. The van der Waals surface area contributed by atoms with Crippen molar-refractivity contribution in [1.82, 2.24) is 0 Å². The molecule has 2 aromatic carbocycles. The third-order valence-corrected chi connectivity index (χ3v) is 2.75. The lowest BCUT2D eigenvalue weighted by molar-refractivity contribution is -0.137. The van der Waals surface area contributed by atoms with Crippen LogP contribution in [0.3, 0.4) is 0 Å². The Bertz CT molecular complexity index is 683. The van der Waals surface area contributed by atoms with Gasteiger partial charge in [-0.2, -0.15) is 13.2 Å². The minimum atomic E-state index is -4.63. The number of hydrogen-bond acceptors (Lipinski definition) is 2. The molecule has 0 aliphatic rings. The maximum Gasteiger partial charge on any atom is 0.416 e. The SMILES string of the molecule is Nc1ccccc1C(=O)Nc1cc(C(F)(F)F)ccc1F. The van der Waals surface area contributed by atoms with Crippen LogP contribution in [-0.2, 0) is 6.18 Å². The van der Waals surface area contributed by atoms with Gasteiger partial charge in [-0.25, -0.2) is 4.39 Å². The second-order valence-electron chi connectivity index (χ2n) is 4.23. The molecule has 21 heavy (non-hydrogen) atoms. The lowest BCUT2D eigenvalue weighted by Crippen LogP contribution is -2.16. The van der Waals surface area contributed by atoms with Crippen LogP contribution in [0.2, 0.25) is 0 Å². The van der Waals surface area contributed by atoms with Gasteiger partial charge in [-0.05, 0) is 30.3 Å². The predicted molar refractivity (Wildman–Crippen MR) is 70.2 cm³/mol. The fourth-order valence-corrected chi connectivity index (χ4v) is 1.69. The summed E-state index contributed by atoms with van der Waals surface area (Å²) in [7, 11) is 0. The molecule has 0 spiro atoms. The van der Waals surface area contributed by atoms with E-state index in [4.69, 9.17) is 5.73 Å². The molecule has 0 aromatic heterocycles. The fourth-order valence-electron chi connectivity index (χ4n) is 1.69. The van der Waals surface area contributed by atoms with E-state index >= 15 is 0 Å². The van der Waals surface area contributed by atoms with Crippen LogP contribution in [0.5, 0.6) is 0 Å². The summed E-state index contributed by atoms with van der Waals surface area (Å²) in [6.07, 6.45) is -4.63. The zero-order valence-corrected chi connectivity index (χ0v) is 10.5. The van der Waals surface area contributed by atoms with E-state index < -0.39 is 29.2 Å². The van der Waals surface area contributed by atoms with Crippen LogP contribution in [0.15, 0.2) is 42.5 Å². The van der Waals surface area contributed by atoms with Crippen molar-refractivity contribution in [2.75, 3.05) is 11.1 Å². The molecule has 0 aliphatic heterocycles. The molecule has 2 aromatic rings. The Morgan fingerprint density at radius 1 is 1.10 bits per heavy atom. The third kappa shape index (κ3) is 3.31. The van der Waals surface area contributed by atoms with Gasteiger partial charge in [0.25, 0.3) is 5.91 Å². The summed E-state index contributed by atoms with van der Waals surface area (Å²) in [6.45, 7) is 0. The maximum atomic E-state index is 13.5. The number of amides is 1. The molecule has 0 radical (unpaired) electrons. The van der Waals surface area contributed by atoms with Crippen molar-refractivity contribution in [3.63, 3.8) is 0 Å². The van der Waals surface area contributed by atoms with Gasteiger partial charge in [0, 0.05) is 5.69 Å². The number of nitrogens with two attached hydrogens (primary N) is 1. The normalized spacial score (nSPS) is 11.2. The average Bonchev–Trinajstić information content (AvgIpc) is 2.40. The molecular weight excluding hydrogens is 288 g/mol. The number of alkyl halides is 3. The number of para-hydroxylation sites is 1. The highest BCUT2D eigenvalue weighted by atomic mass is 19.4. The summed E-state index contributed by atoms with van der Waals surface area (Å²) in [5, 5.41) is 2.09. The Labute approximate surface area is 117 Å². The van der Waals surface area contributed by atoms with E-state index in [2.05, 4.69) is 5.32 Å². The quantitative estimate of drug-likeness (QED) is 0.656. The molecule has 0 saturated carbocycles. The van der Waals surface area contributed by atoms with Crippen molar-refractivity contribution >= 4 is 17.3 Å². The van der Waals surface area contributed by atoms with E-state index in [-0.39, 0.29) is 11.3 Å². The average molecular weight is 298 g/mol. The van der Waals surface area contributed by atoms with E-state index in [1.54, 1.807) is 6.07 Å². The van der Waals surface area contributed by atoms with E-state index in [9.17, 15) is 22.4 Å². The van der Waals surface area contributed by atoms with Crippen molar-refractivity contribution in [1.29, 1.82) is 0 Å². The number of carbonyl (C=O) groups excluding carboxylic acids is 1. The van der Waals surface area contributed by atoms with Crippen molar-refractivity contribution in [3.05, 3.63) is 59.4 Å². The van der Waals surface area contributed by atoms with E-state index in [0.29, 0.717) is 18.2 Å². The topological polar surface area (TPSA) is 55.1 Å². The molecule has 0 bridgehead atoms. The van der Waals surface area contributed by atoms with E-state index in [1.165, 1.54) is 18.2 Å². The number of nitrogens with one attached hydrogen (secondary N) is 1. The summed E-state index contributed by atoms with van der Waals surface area (Å²) in [4.78, 5) is 11.9. The van der Waals surface area contributed by atoms with Crippen LogP contribution in [0.25, 0.3) is 0 Å². The minimum absolute atomic E-state index is 0.0503. The van der Waals surface area contributed by atoms with Crippen molar-refractivity contribution in [2.24, 2.45) is 0 Å². The molecule has 0 unspecified atom stereocenters. The second-order valence-corrected chi connectivity index (χ2v) is 4.23. The number of halogens is 4. The minimum Gasteiger partial charge on any atom is -0.398 e. The zero-order valence-electron chi connectivity index (χ0n) is 10.5. The molecule has 0 heterocycles. The van der Waals surface area contributed by atoms with Crippen LogP contribution in [0.1, 0.15) is 15.9 Å². The lowest BCUT2D eigenvalue weighted by Gasteiger charge is -2.11. The molecule has 7 heteroatoms. The third-order valence-electron chi connectivity index (χ3n) is 2.75. The van der Waals surface area contributed by atoms with Gasteiger partial charge in [0.2, 0.25) is 0 Å². The van der Waals surface area contributed by atoms with Crippen molar-refractivity contribution < 1.29 is 22.4 Å². The Morgan fingerprint density at radius 3 is 2.38 bits per heavy atom. The highest BCUT2D eigenvalue weighted by Gasteiger charge is 2.31. The monoisotopic (exact) mass is 298 g/mol. The fraction of sp³-hybridized carbons (Fsp3) is 0.0714. The Morgan fingerprint density at radius 2 is 1.76 bits per heavy atom. The van der Waals surface area contributed by atoms with E-state index in [1.807, 2.05) is 0 Å².